The van der Waals surface area contributed by atoms with Crippen LogP contribution < -0.4 is 10.6 Å². The van der Waals surface area contributed by atoms with E-state index in [-0.39, 0.29) is 11.8 Å². The fraction of sp³-hybridized carbons (Fsp3) is 0.524. The number of carbonyl (C=O) groups is 1. The number of H-pyrrole nitrogens is 1. The smallest absolute Gasteiger partial charge is 0.234 e. The number of nitrogens with zero attached hydrogens (tertiary/aromatic N) is 2. The first-order chi connectivity index (χ1) is 12.1. The number of hydrogen-bond donors (Lipinski definition) is 1. The van der Waals surface area contributed by atoms with Crippen LogP contribution in [0.5, 0.6) is 0 Å². The number of hydrogen-bond acceptors (Lipinski definition) is 2. The molecule has 1 aliphatic heterocycles. The van der Waals surface area contributed by atoms with E-state index in [1.54, 1.807) is 6.33 Å². The fourth-order valence-electron chi connectivity index (χ4n) is 3.72. The van der Waals surface area contributed by atoms with Crippen LogP contribution in [-0.2, 0) is 12.8 Å². The number of nitrogens with one attached hydrogen (secondary N) is 1. The van der Waals surface area contributed by atoms with Crippen molar-refractivity contribution in [1.29, 1.82) is 0 Å². The predicted octanol–water partition coefficient (Wildman–Crippen LogP) is 3.29. The highest BCUT2D eigenvalue weighted by molar-refractivity contribution is 5.84. The summed E-state index contributed by atoms with van der Waals surface area (Å²) in [5, 5.41) is 2.29. The summed E-state index contributed by atoms with van der Waals surface area (Å²) in [5.74, 6) is 0.245. The summed E-state index contributed by atoms with van der Waals surface area (Å²) in [6.07, 6.45) is 9.54. The van der Waals surface area contributed by atoms with Crippen LogP contribution in [0.1, 0.15) is 68.0 Å². The highest BCUT2D eigenvalue weighted by Gasteiger charge is 2.30. The van der Waals surface area contributed by atoms with Gasteiger partial charge in [0.1, 0.15) is 0 Å². The van der Waals surface area contributed by atoms with Crippen molar-refractivity contribution in [3.63, 3.8) is 0 Å². The highest BCUT2D eigenvalue weighted by atomic mass is 16.2. The van der Waals surface area contributed by atoms with Crippen LogP contribution in [0, 0.1) is 19.8 Å². The number of carbonyl (C=O) groups excluding carboxylic acids is 1. The van der Waals surface area contributed by atoms with Crippen LogP contribution in [-0.4, -0.2) is 20.4 Å². The lowest BCUT2D eigenvalue weighted by Gasteiger charge is -2.23. The van der Waals surface area contributed by atoms with Gasteiger partial charge in [-0.1, -0.05) is 32.9 Å². The molecule has 3 heterocycles. The Labute approximate surface area is 150 Å². The lowest BCUT2D eigenvalue weighted by molar-refractivity contribution is 0.0798. The minimum Gasteiger partial charge on any atom is -0.348 e. The van der Waals surface area contributed by atoms with Crippen molar-refractivity contribution >= 4 is 18.1 Å². The summed E-state index contributed by atoms with van der Waals surface area (Å²) < 4.78 is 1.98. The molecule has 1 aliphatic rings. The molecule has 0 spiro atoms. The SMILES string of the molecule is C/C=c1/c(C)c2n(/c1=C/CC)C(=O)C(Cc1nc[nH]c1C)CC2.CC. The molecule has 0 saturated heterocycles. The van der Waals surface area contributed by atoms with Crippen molar-refractivity contribution in [3.05, 3.63) is 39.5 Å². The van der Waals surface area contributed by atoms with Crippen LogP contribution in [0.2, 0.25) is 0 Å². The second-order valence-corrected chi connectivity index (χ2v) is 6.36. The van der Waals surface area contributed by atoms with E-state index in [1.807, 2.05) is 25.3 Å². The number of aromatic amines is 1. The number of aryl methyl sites for hydroxylation is 1. The standard InChI is InChI=1S/C19H25N3O.C2H6/c1-5-7-18-15(6-2)12(3)17-9-8-14(19(23)22(17)18)10-16-13(4)20-11-21-16;1-2/h6-7,11,14H,5,8-10H2,1-4H3,(H,20,21);1-2H3/b15-6-,18-7+;. The molecule has 2 aromatic rings. The molecule has 0 aromatic carbocycles. The van der Waals surface area contributed by atoms with Crippen molar-refractivity contribution in [2.75, 3.05) is 0 Å². The van der Waals surface area contributed by atoms with Crippen LogP contribution in [0.25, 0.3) is 12.2 Å². The molecule has 0 saturated carbocycles. The van der Waals surface area contributed by atoms with E-state index in [9.17, 15) is 4.79 Å². The van der Waals surface area contributed by atoms with Gasteiger partial charge < -0.3 is 4.98 Å². The Kier molecular flexibility index (Phi) is 6.40. The molecule has 3 rings (SSSR count). The highest BCUT2D eigenvalue weighted by Crippen LogP contribution is 2.23. The van der Waals surface area contributed by atoms with E-state index in [2.05, 4.69) is 42.9 Å². The molecule has 0 aliphatic carbocycles. The molecule has 0 fully saturated rings. The zero-order valence-electron chi connectivity index (χ0n) is 16.4. The normalized spacial score (nSPS) is 18.2. The van der Waals surface area contributed by atoms with Crippen LogP contribution >= 0.6 is 0 Å². The second kappa shape index (κ2) is 8.32. The third-order valence-electron chi connectivity index (χ3n) is 4.98. The molecule has 1 N–H and O–H groups in total. The fourth-order valence-corrected chi connectivity index (χ4v) is 3.72. The molecule has 0 amide bonds. The maximum absolute atomic E-state index is 13.1. The molecular formula is C21H31N3O. The molecule has 136 valence electrons. The summed E-state index contributed by atoms with van der Waals surface area (Å²) in [6.45, 7) is 12.3. The first-order valence-electron chi connectivity index (χ1n) is 9.48. The average molecular weight is 341 g/mol. The van der Waals surface area contributed by atoms with Gasteiger partial charge in [0.05, 0.1) is 17.4 Å². The Morgan fingerprint density at radius 2 is 2.08 bits per heavy atom. The minimum atomic E-state index is 0.0185. The zero-order valence-corrected chi connectivity index (χ0v) is 16.4. The van der Waals surface area contributed by atoms with E-state index in [1.165, 1.54) is 16.5 Å². The maximum Gasteiger partial charge on any atom is 0.234 e. The Morgan fingerprint density at radius 1 is 1.36 bits per heavy atom. The maximum atomic E-state index is 13.1. The third kappa shape index (κ3) is 3.48. The number of aromatic nitrogens is 3. The summed E-state index contributed by atoms with van der Waals surface area (Å²) in [6, 6.07) is 0. The molecule has 25 heavy (non-hydrogen) atoms. The molecule has 0 bridgehead atoms. The van der Waals surface area contributed by atoms with Crippen LogP contribution in [0.4, 0.5) is 0 Å². The van der Waals surface area contributed by atoms with Crippen LogP contribution in [0.15, 0.2) is 6.33 Å². The Bertz CT molecular complexity index is 855. The van der Waals surface area contributed by atoms with Crippen molar-refractivity contribution < 1.29 is 4.79 Å². The van der Waals surface area contributed by atoms with Crippen LogP contribution in [0.3, 0.4) is 0 Å². The Morgan fingerprint density at radius 3 is 2.64 bits per heavy atom. The van der Waals surface area contributed by atoms with Crippen molar-refractivity contribution in [2.24, 2.45) is 5.92 Å². The minimum absolute atomic E-state index is 0.0185. The van der Waals surface area contributed by atoms with Gasteiger partial charge in [-0.3, -0.25) is 9.36 Å². The van der Waals surface area contributed by atoms with Gasteiger partial charge in [0.15, 0.2) is 0 Å². The van der Waals surface area contributed by atoms with Gasteiger partial charge >= 0.3 is 0 Å². The van der Waals surface area contributed by atoms with E-state index in [0.29, 0.717) is 0 Å². The quantitative estimate of drug-likeness (QED) is 0.931. The third-order valence-corrected chi connectivity index (χ3v) is 4.98. The summed E-state index contributed by atoms with van der Waals surface area (Å²) in [4.78, 5) is 20.6. The van der Waals surface area contributed by atoms with Gasteiger partial charge in [-0.2, -0.15) is 0 Å². The van der Waals surface area contributed by atoms with Gasteiger partial charge in [-0.05, 0) is 50.8 Å². The first kappa shape index (κ1) is 19.2. The second-order valence-electron chi connectivity index (χ2n) is 6.36. The molecule has 1 atom stereocenters. The molecule has 0 radical (unpaired) electrons. The van der Waals surface area contributed by atoms with Crippen molar-refractivity contribution in [3.8, 4) is 0 Å². The number of rotatable bonds is 3. The molecular weight excluding hydrogens is 310 g/mol. The average Bonchev–Trinajstić information content (AvgIpc) is 3.14. The van der Waals surface area contributed by atoms with Gasteiger partial charge in [0.2, 0.25) is 5.91 Å². The zero-order chi connectivity index (χ0) is 18.6. The van der Waals surface area contributed by atoms with E-state index in [0.717, 1.165) is 42.4 Å². The van der Waals surface area contributed by atoms with Gasteiger partial charge in [0.25, 0.3) is 0 Å². The Balaban J connectivity index is 0.00000109. The largest absolute Gasteiger partial charge is 0.348 e. The summed E-state index contributed by atoms with van der Waals surface area (Å²) in [7, 11) is 0. The number of fused-ring (bicyclic) bond motifs is 1. The van der Waals surface area contributed by atoms with Crippen molar-refractivity contribution in [2.45, 2.75) is 67.2 Å². The predicted molar refractivity (Wildman–Crippen MR) is 104 cm³/mol. The first-order valence-corrected chi connectivity index (χ1v) is 9.48. The summed E-state index contributed by atoms with van der Waals surface area (Å²) in [5.41, 5.74) is 4.53. The lowest BCUT2D eigenvalue weighted by atomic mass is 9.91. The van der Waals surface area contributed by atoms with E-state index < -0.39 is 0 Å². The van der Waals surface area contributed by atoms with E-state index >= 15 is 0 Å². The lowest BCUT2D eigenvalue weighted by Crippen LogP contribution is -2.40. The Hall–Kier alpha value is -2.10. The van der Waals surface area contributed by atoms with Gasteiger partial charge in [0, 0.05) is 23.7 Å². The van der Waals surface area contributed by atoms with E-state index in [4.69, 9.17) is 0 Å². The number of imidazole rings is 1. The summed E-state index contributed by atoms with van der Waals surface area (Å²) >= 11 is 0. The molecule has 4 heteroatoms. The monoisotopic (exact) mass is 341 g/mol. The van der Waals surface area contributed by atoms with Gasteiger partial charge in [-0.15, -0.1) is 0 Å². The van der Waals surface area contributed by atoms with Gasteiger partial charge in [-0.25, -0.2) is 4.98 Å². The molecule has 4 nitrogen and oxygen atoms in total. The van der Waals surface area contributed by atoms with Crippen molar-refractivity contribution in [1.82, 2.24) is 14.5 Å². The topological polar surface area (TPSA) is 50.7 Å². The molecule has 1 unspecified atom stereocenters. The molecule has 2 aromatic heterocycles.